The van der Waals surface area contributed by atoms with E-state index >= 15 is 0 Å². The molecule has 0 spiro atoms. The third kappa shape index (κ3) is 5.15. The molecule has 122 valence electrons. The van der Waals surface area contributed by atoms with Gasteiger partial charge in [0, 0.05) is 25.2 Å². The van der Waals surface area contributed by atoms with Gasteiger partial charge in [0.1, 0.15) is 0 Å². The van der Waals surface area contributed by atoms with Crippen LogP contribution in [-0.4, -0.2) is 54.0 Å². The van der Waals surface area contributed by atoms with Crippen molar-refractivity contribution in [3.8, 4) is 0 Å². The lowest BCUT2D eigenvalue weighted by Gasteiger charge is -2.36. The number of carbonyl (C=O) groups excluding carboxylic acids is 1. The molecule has 1 aliphatic carbocycles. The van der Waals surface area contributed by atoms with Gasteiger partial charge in [-0.2, -0.15) is 0 Å². The molecule has 21 heavy (non-hydrogen) atoms. The fourth-order valence-electron chi connectivity index (χ4n) is 3.17. The van der Waals surface area contributed by atoms with Gasteiger partial charge in [-0.05, 0) is 31.6 Å². The van der Waals surface area contributed by atoms with Crippen LogP contribution in [0.5, 0.6) is 0 Å². The Morgan fingerprint density at radius 2 is 1.90 bits per heavy atom. The highest BCUT2D eigenvalue weighted by Gasteiger charge is 2.29. The van der Waals surface area contributed by atoms with Gasteiger partial charge in [0.2, 0.25) is 0 Å². The number of amides is 1. The van der Waals surface area contributed by atoms with Crippen molar-refractivity contribution in [3.63, 3.8) is 0 Å². The van der Waals surface area contributed by atoms with E-state index in [0.717, 1.165) is 45.2 Å². The number of hydrogen-bond donors (Lipinski definition) is 2. The summed E-state index contributed by atoms with van der Waals surface area (Å²) in [6.07, 6.45) is 5.83. The number of likely N-dealkylation sites (tertiary alicyclic amines) is 1. The summed E-state index contributed by atoms with van der Waals surface area (Å²) in [5.74, 6) is 0.376. The Morgan fingerprint density at radius 3 is 2.52 bits per heavy atom. The first kappa shape index (κ1) is 16.6. The van der Waals surface area contributed by atoms with E-state index in [0.29, 0.717) is 18.6 Å². The smallest absolute Gasteiger partial charge is 0.409 e. The number of hydrogen-bond acceptors (Lipinski definition) is 4. The van der Waals surface area contributed by atoms with Crippen molar-refractivity contribution in [2.45, 2.75) is 70.6 Å². The minimum atomic E-state index is -0.201. The van der Waals surface area contributed by atoms with Gasteiger partial charge in [-0.15, -0.1) is 0 Å². The maximum absolute atomic E-state index is 11.9. The fraction of sp³-hybridized carbons (Fsp3) is 0.938. The molecule has 0 radical (unpaired) electrons. The molecule has 2 fully saturated rings. The SMILES string of the molecule is CC(C)COC(=O)N1CCC(N[C@H]2CCCC[C@@H]2O)CC1. The molecule has 2 N–H and O–H groups in total. The molecule has 0 aromatic carbocycles. The molecule has 2 aliphatic rings. The molecule has 1 saturated heterocycles. The van der Waals surface area contributed by atoms with E-state index in [2.05, 4.69) is 5.32 Å². The number of ether oxygens (including phenoxy) is 1. The first-order chi connectivity index (χ1) is 10.1. The van der Waals surface area contributed by atoms with E-state index in [1.807, 2.05) is 13.8 Å². The van der Waals surface area contributed by atoms with E-state index in [-0.39, 0.29) is 18.2 Å². The minimum Gasteiger partial charge on any atom is -0.449 e. The van der Waals surface area contributed by atoms with Crippen molar-refractivity contribution < 1.29 is 14.6 Å². The summed E-state index contributed by atoms with van der Waals surface area (Å²) in [4.78, 5) is 13.7. The van der Waals surface area contributed by atoms with Crippen LogP contribution in [-0.2, 0) is 4.74 Å². The van der Waals surface area contributed by atoms with Crippen LogP contribution in [0.1, 0.15) is 52.4 Å². The zero-order valence-electron chi connectivity index (χ0n) is 13.4. The summed E-state index contributed by atoms with van der Waals surface area (Å²) in [7, 11) is 0. The quantitative estimate of drug-likeness (QED) is 0.835. The summed E-state index contributed by atoms with van der Waals surface area (Å²) in [5, 5.41) is 13.6. The maximum atomic E-state index is 11.9. The molecule has 5 heteroatoms. The highest BCUT2D eigenvalue weighted by molar-refractivity contribution is 5.67. The van der Waals surface area contributed by atoms with Crippen molar-refractivity contribution in [2.75, 3.05) is 19.7 Å². The third-order valence-electron chi connectivity index (χ3n) is 4.47. The molecule has 1 saturated carbocycles. The lowest BCUT2D eigenvalue weighted by molar-refractivity contribution is 0.0656. The standard InChI is InChI=1S/C16H30N2O3/c1-12(2)11-21-16(20)18-9-7-13(8-10-18)17-14-5-3-4-6-15(14)19/h12-15,17,19H,3-11H2,1-2H3/t14-,15-/m0/s1. The number of piperidine rings is 1. The highest BCUT2D eigenvalue weighted by Crippen LogP contribution is 2.21. The molecule has 1 amide bonds. The lowest BCUT2D eigenvalue weighted by Crippen LogP contribution is -2.51. The van der Waals surface area contributed by atoms with Crippen molar-refractivity contribution in [1.29, 1.82) is 0 Å². The molecule has 2 rings (SSSR count). The molecule has 0 aromatic heterocycles. The van der Waals surface area contributed by atoms with Crippen molar-refractivity contribution >= 4 is 6.09 Å². The van der Waals surface area contributed by atoms with Gasteiger partial charge in [0.05, 0.1) is 12.7 Å². The third-order valence-corrected chi connectivity index (χ3v) is 4.47. The molecule has 0 aromatic rings. The second-order valence-electron chi connectivity index (χ2n) is 6.86. The van der Waals surface area contributed by atoms with E-state index in [1.165, 1.54) is 6.42 Å². The maximum Gasteiger partial charge on any atom is 0.409 e. The minimum absolute atomic E-state index is 0.181. The predicted octanol–water partition coefficient (Wildman–Crippen LogP) is 2.14. The number of rotatable bonds is 4. The van der Waals surface area contributed by atoms with E-state index in [4.69, 9.17) is 4.74 Å². The van der Waals surface area contributed by atoms with Crippen LogP contribution in [0.25, 0.3) is 0 Å². The predicted molar refractivity (Wildman–Crippen MR) is 82.2 cm³/mol. The zero-order chi connectivity index (χ0) is 15.2. The Bertz CT molecular complexity index is 327. The summed E-state index contributed by atoms with van der Waals surface area (Å²) in [6.45, 7) is 6.07. The molecule has 0 unspecified atom stereocenters. The van der Waals surface area contributed by atoms with Crippen molar-refractivity contribution in [3.05, 3.63) is 0 Å². The average Bonchev–Trinajstić information content (AvgIpc) is 2.48. The summed E-state index contributed by atoms with van der Waals surface area (Å²) >= 11 is 0. The van der Waals surface area contributed by atoms with Gasteiger partial charge in [0.15, 0.2) is 0 Å². The molecule has 1 heterocycles. The molecule has 0 bridgehead atoms. The van der Waals surface area contributed by atoms with Gasteiger partial charge >= 0.3 is 6.09 Å². The summed E-state index contributed by atoms with van der Waals surface area (Å²) in [5.41, 5.74) is 0. The Balaban J connectivity index is 1.69. The Hall–Kier alpha value is -0.810. The van der Waals surface area contributed by atoms with Gasteiger partial charge in [0.25, 0.3) is 0 Å². The van der Waals surface area contributed by atoms with Crippen LogP contribution in [0.3, 0.4) is 0 Å². The number of carbonyl (C=O) groups is 1. The van der Waals surface area contributed by atoms with E-state index in [9.17, 15) is 9.90 Å². The van der Waals surface area contributed by atoms with Gasteiger partial charge in [-0.25, -0.2) is 4.79 Å². The van der Waals surface area contributed by atoms with Crippen LogP contribution < -0.4 is 5.32 Å². The Morgan fingerprint density at radius 1 is 1.24 bits per heavy atom. The Kier molecular flexibility index (Phi) is 6.30. The summed E-state index contributed by atoms with van der Waals surface area (Å²) in [6, 6.07) is 0.653. The molecule has 5 nitrogen and oxygen atoms in total. The zero-order valence-corrected chi connectivity index (χ0v) is 13.4. The van der Waals surface area contributed by atoms with Crippen LogP contribution in [0.2, 0.25) is 0 Å². The normalized spacial score (nSPS) is 27.9. The van der Waals surface area contributed by atoms with Gasteiger partial charge < -0.3 is 20.1 Å². The highest BCUT2D eigenvalue weighted by atomic mass is 16.6. The molecular formula is C16H30N2O3. The van der Waals surface area contributed by atoms with Crippen LogP contribution in [0, 0.1) is 5.92 Å². The van der Waals surface area contributed by atoms with E-state index < -0.39 is 0 Å². The fourth-order valence-corrected chi connectivity index (χ4v) is 3.17. The number of aliphatic hydroxyl groups excluding tert-OH is 1. The first-order valence-corrected chi connectivity index (χ1v) is 8.42. The topological polar surface area (TPSA) is 61.8 Å². The largest absolute Gasteiger partial charge is 0.449 e. The van der Waals surface area contributed by atoms with Gasteiger partial charge in [-0.3, -0.25) is 0 Å². The molecule has 2 atom stereocenters. The van der Waals surface area contributed by atoms with Crippen LogP contribution in [0.15, 0.2) is 0 Å². The van der Waals surface area contributed by atoms with Crippen molar-refractivity contribution in [2.24, 2.45) is 5.92 Å². The molecule has 1 aliphatic heterocycles. The lowest BCUT2D eigenvalue weighted by atomic mass is 9.91. The number of aliphatic hydroxyl groups is 1. The average molecular weight is 298 g/mol. The van der Waals surface area contributed by atoms with E-state index in [1.54, 1.807) is 4.90 Å². The van der Waals surface area contributed by atoms with Crippen molar-refractivity contribution in [1.82, 2.24) is 10.2 Å². The number of nitrogens with one attached hydrogen (secondary N) is 1. The monoisotopic (exact) mass is 298 g/mol. The first-order valence-electron chi connectivity index (χ1n) is 8.42. The Labute approximate surface area is 128 Å². The second kappa shape index (κ2) is 7.99. The second-order valence-corrected chi connectivity index (χ2v) is 6.86. The van der Waals surface area contributed by atoms with Gasteiger partial charge in [-0.1, -0.05) is 26.7 Å². The molecular weight excluding hydrogens is 268 g/mol. The van der Waals surface area contributed by atoms with Crippen LogP contribution >= 0.6 is 0 Å². The summed E-state index contributed by atoms with van der Waals surface area (Å²) < 4.78 is 5.27. The van der Waals surface area contributed by atoms with Crippen LogP contribution in [0.4, 0.5) is 4.79 Å². The number of nitrogens with zero attached hydrogens (tertiary/aromatic N) is 1.